The second kappa shape index (κ2) is 12.7. The summed E-state index contributed by atoms with van der Waals surface area (Å²) in [4.78, 5) is 0. The van der Waals surface area contributed by atoms with Crippen molar-refractivity contribution in [2.45, 2.75) is 0 Å². The van der Waals surface area contributed by atoms with Gasteiger partial charge < -0.3 is 9.13 Å². The Bertz CT molecular complexity index is 3450. The van der Waals surface area contributed by atoms with Gasteiger partial charge in [0.25, 0.3) is 0 Å². The third-order valence-electron chi connectivity index (χ3n) is 11.7. The number of benzene rings is 9. The molecule has 0 amide bonds. The molecule has 3 aromatic heterocycles. The average Bonchev–Trinajstić information content (AvgIpc) is 3.94. The van der Waals surface area contributed by atoms with Crippen molar-refractivity contribution in [3.8, 4) is 44.8 Å². The first-order valence-electron chi connectivity index (χ1n) is 19.5. The van der Waals surface area contributed by atoms with Gasteiger partial charge in [0.15, 0.2) is 0 Å². The third kappa shape index (κ3) is 4.89. The van der Waals surface area contributed by atoms with Crippen molar-refractivity contribution in [3.05, 3.63) is 206 Å². The van der Waals surface area contributed by atoms with Crippen molar-refractivity contribution in [1.82, 2.24) is 9.13 Å². The fourth-order valence-corrected chi connectivity index (χ4v) is 10.4. The molecular formula is C54H34N2S. The fraction of sp³-hybridized carbons (Fsp3) is 0. The van der Waals surface area contributed by atoms with E-state index < -0.39 is 0 Å². The van der Waals surface area contributed by atoms with Crippen molar-refractivity contribution in [2.24, 2.45) is 0 Å². The molecule has 0 aliphatic heterocycles. The van der Waals surface area contributed by atoms with E-state index in [4.69, 9.17) is 0 Å². The van der Waals surface area contributed by atoms with Gasteiger partial charge in [-0.25, -0.2) is 0 Å². The zero-order valence-corrected chi connectivity index (χ0v) is 31.7. The standard InChI is InChI=1S/C54H34N2S/c1-3-15-35(16-4-1)39-22-13-23-40(36-17-5-2-6-18-36)53(39)44-24-14-27-50-54(44)43-21-8-11-26-48(43)56(50)37-29-31-49-45(33-37)41-19-7-10-25-47(41)55(49)38-30-32-52-46(34-38)42-20-9-12-28-51(42)57-52/h1-34H. The SMILES string of the molecule is c1ccc(-c2cccc(-c3ccccc3)c2-c2cccc3c2c2ccccc2n3-c2ccc3c(c2)c2ccccc2n3-c2ccc3sc4ccccc4c3c2)cc1. The van der Waals surface area contributed by atoms with E-state index in [2.05, 4.69) is 215 Å². The minimum Gasteiger partial charge on any atom is -0.309 e. The minimum atomic E-state index is 1.15. The van der Waals surface area contributed by atoms with Crippen LogP contribution in [0.5, 0.6) is 0 Å². The highest BCUT2D eigenvalue weighted by molar-refractivity contribution is 7.25. The van der Waals surface area contributed by atoms with Crippen molar-refractivity contribution in [3.63, 3.8) is 0 Å². The van der Waals surface area contributed by atoms with Crippen molar-refractivity contribution >= 4 is 75.1 Å². The number of thiophene rings is 1. The lowest BCUT2D eigenvalue weighted by atomic mass is 9.86. The highest BCUT2D eigenvalue weighted by atomic mass is 32.1. The van der Waals surface area contributed by atoms with Crippen LogP contribution in [0.3, 0.4) is 0 Å². The number of hydrogen-bond acceptors (Lipinski definition) is 1. The Labute approximate surface area is 333 Å². The Kier molecular flexibility index (Phi) is 7.13. The van der Waals surface area contributed by atoms with Gasteiger partial charge in [-0.3, -0.25) is 0 Å². The highest BCUT2D eigenvalue weighted by Crippen LogP contribution is 2.46. The highest BCUT2D eigenvalue weighted by Gasteiger charge is 2.22. The van der Waals surface area contributed by atoms with Gasteiger partial charge in [-0.1, -0.05) is 146 Å². The number of hydrogen-bond donors (Lipinski definition) is 0. The third-order valence-corrected chi connectivity index (χ3v) is 12.9. The molecule has 0 bridgehead atoms. The first-order chi connectivity index (χ1) is 28.3. The Balaban J connectivity index is 1.11. The average molecular weight is 743 g/mol. The molecule has 12 aromatic rings. The molecule has 0 N–H and O–H groups in total. The molecule has 12 rings (SSSR count). The molecule has 3 heterocycles. The molecule has 0 unspecified atom stereocenters. The summed E-state index contributed by atoms with van der Waals surface area (Å²) in [6.45, 7) is 0. The summed E-state index contributed by atoms with van der Waals surface area (Å²) in [6, 6.07) is 75.7. The summed E-state index contributed by atoms with van der Waals surface area (Å²) in [5.74, 6) is 0. The molecular weight excluding hydrogens is 709 g/mol. The molecule has 0 radical (unpaired) electrons. The zero-order valence-electron chi connectivity index (χ0n) is 30.9. The Morgan fingerprint density at radius 2 is 0.789 bits per heavy atom. The van der Waals surface area contributed by atoms with E-state index in [-0.39, 0.29) is 0 Å². The van der Waals surface area contributed by atoms with Crippen molar-refractivity contribution < 1.29 is 0 Å². The number of aromatic nitrogens is 2. The lowest BCUT2D eigenvalue weighted by Gasteiger charge is -2.18. The summed E-state index contributed by atoms with van der Waals surface area (Å²) >= 11 is 1.86. The van der Waals surface area contributed by atoms with Crippen molar-refractivity contribution in [2.75, 3.05) is 0 Å². The van der Waals surface area contributed by atoms with Gasteiger partial charge in [-0.2, -0.15) is 0 Å². The second-order valence-corrected chi connectivity index (χ2v) is 15.9. The quantitative estimate of drug-likeness (QED) is 0.166. The molecule has 0 aliphatic carbocycles. The molecule has 0 atom stereocenters. The minimum absolute atomic E-state index is 1.15. The number of rotatable bonds is 5. The molecule has 2 nitrogen and oxygen atoms in total. The van der Waals surface area contributed by atoms with E-state index >= 15 is 0 Å². The van der Waals surface area contributed by atoms with Gasteiger partial charge in [-0.15, -0.1) is 11.3 Å². The normalized spacial score (nSPS) is 11.9. The summed E-state index contributed by atoms with van der Waals surface area (Å²) in [7, 11) is 0. The smallest absolute Gasteiger partial charge is 0.0547 e. The van der Waals surface area contributed by atoms with Crippen LogP contribution in [0.4, 0.5) is 0 Å². The van der Waals surface area contributed by atoms with Crippen LogP contribution in [0.2, 0.25) is 0 Å². The van der Waals surface area contributed by atoms with E-state index in [1.165, 1.54) is 103 Å². The van der Waals surface area contributed by atoms with Gasteiger partial charge in [0.05, 0.1) is 22.1 Å². The zero-order chi connectivity index (χ0) is 37.5. The number of fused-ring (bicyclic) bond motifs is 9. The summed E-state index contributed by atoms with van der Waals surface area (Å²) in [6.07, 6.45) is 0. The molecule has 0 fully saturated rings. The Hall–Kier alpha value is -7.20. The van der Waals surface area contributed by atoms with Gasteiger partial charge in [0.2, 0.25) is 0 Å². The lowest BCUT2D eigenvalue weighted by Crippen LogP contribution is -1.96. The van der Waals surface area contributed by atoms with Crippen LogP contribution >= 0.6 is 11.3 Å². The predicted molar refractivity (Wildman–Crippen MR) is 244 cm³/mol. The van der Waals surface area contributed by atoms with E-state index in [0.717, 1.165) is 5.69 Å². The molecule has 3 heteroatoms. The van der Waals surface area contributed by atoms with E-state index in [1.807, 2.05) is 11.3 Å². The molecule has 0 aliphatic rings. The van der Waals surface area contributed by atoms with Crippen LogP contribution in [0.15, 0.2) is 206 Å². The summed E-state index contributed by atoms with van der Waals surface area (Å²) in [5, 5.41) is 7.60. The van der Waals surface area contributed by atoms with Gasteiger partial charge in [-0.05, 0) is 94.0 Å². The maximum absolute atomic E-state index is 2.47. The van der Waals surface area contributed by atoms with Crippen LogP contribution < -0.4 is 0 Å². The molecule has 0 saturated carbocycles. The Morgan fingerprint density at radius 3 is 1.53 bits per heavy atom. The molecule has 0 saturated heterocycles. The number of nitrogens with zero attached hydrogens (tertiary/aromatic N) is 2. The first-order valence-corrected chi connectivity index (χ1v) is 20.3. The largest absolute Gasteiger partial charge is 0.309 e. The van der Waals surface area contributed by atoms with Crippen LogP contribution in [0.25, 0.3) is 109 Å². The second-order valence-electron chi connectivity index (χ2n) is 14.8. The van der Waals surface area contributed by atoms with Crippen molar-refractivity contribution in [1.29, 1.82) is 0 Å². The molecule has 266 valence electrons. The molecule has 0 spiro atoms. The van der Waals surface area contributed by atoms with E-state index in [1.54, 1.807) is 0 Å². The lowest BCUT2D eigenvalue weighted by molar-refractivity contribution is 1.17. The van der Waals surface area contributed by atoms with Crippen LogP contribution in [-0.2, 0) is 0 Å². The maximum Gasteiger partial charge on any atom is 0.0547 e. The topological polar surface area (TPSA) is 9.86 Å². The Morgan fingerprint density at radius 1 is 0.298 bits per heavy atom. The molecule has 9 aromatic carbocycles. The van der Waals surface area contributed by atoms with Gasteiger partial charge in [0.1, 0.15) is 0 Å². The maximum atomic E-state index is 2.47. The van der Waals surface area contributed by atoms with Crippen LogP contribution in [0.1, 0.15) is 0 Å². The van der Waals surface area contributed by atoms with Gasteiger partial charge in [0, 0.05) is 53.1 Å². The van der Waals surface area contributed by atoms with E-state index in [9.17, 15) is 0 Å². The van der Waals surface area contributed by atoms with Gasteiger partial charge >= 0.3 is 0 Å². The summed E-state index contributed by atoms with van der Waals surface area (Å²) < 4.78 is 7.55. The monoisotopic (exact) mass is 742 g/mol. The van der Waals surface area contributed by atoms with E-state index in [0.29, 0.717) is 0 Å². The van der Waals surface area contributed by atoms with Crippen LogP contribution in [0, 0.1) is 0 Å². The molecule has 57 heavy (non-hydrogen) atoms. The predicted octanol–water partition coefficient (Wildman–Crippen LogP) is 15.2. The number of para-hydroxylation sites is 2. The first kappa shape index (κ1) is 32.1. The fourth-order valence-electron chi connectivity index (χ4n) is 9.30. The summed E-state index contributed by atoms with van der Waals surface area (Å²) in [5.41, 5.74) is 14.5. The van der Waals surface area contributed by atoms with Crippen LogP contribution in [-0.4, -0.2) is 9.13 Å².